The van der Waals surface area contributed by atoms with Gasteiger partial charge in [0.1, 0.15) is 5.75 Å². The SMILES string of the molecule is CC(C(=O)Nc1cccc(S(=O)(=O)N(C)C)c1)N(C)Cc1cccc(OC(F)F)c1. The van der Waals surface area contributed by atoms with E-state index in [0.717, 1.165) is 4.31 Å². The molecular formula is C20H25F2N3O4S. The Balaban J connectivity index is 2.06. The quantitative estimate of drug-likeness (QED) is 0.647. The number of carbonyl (C=O) groups is 1. The Morgan fingerprint density at radius 3 is 2.40 bits per heavy atom. The van der Waals surface area contributed by atoms with Crippen LogP contribution in [-0.2, 0) is 21.4 Å². The molecular weight excluding hydrogens is 416 g/mol. The van der Waals surface area contributed by atoms with Gasteiger partial charge in [-0.25, -0.2) is 12.7 Å². The molecule has 1 atom stereocenters. The summed E-state index contributed by atoms with van der Waals surface area (Å²) in [5.74, 6) is -0.288. The van der Waals surface area contributed by atoms with E-state index in [1.807, 2.05) is 0 Å². The molecule has 1 unspecified atom stereocenters. The number of halogens is 2. The minimum atomic E-state index is -3.62. The Bertz CT molecular complexity index is 984. The molecule has 30 heavy (non-hydrogen) atoms. The summed E-state index contributed by atoms with van der Waals surface area (Å²) in [7, 11) is 0.960. The van der Waals surface area contributed by atoms with Gasteiger partial charge in [0.05, 0.1) is 10.9 Å². The molecule has 1 N–H and O–H groups in total. The van der Waals surface area contributed by atoms with Crippen molar-refractivity contribution in [2.24, 2.45) is 0 Å². The second-order valence-corrected chi connectivity index (χ2v) is 9.07. The van der Waals surface area contributed by atoms with Crippen molar-refractivity contribution in [2.45, 2.75) is 31.0 Å². The van der Waals surface area contributed by atoms with Crippen molar-refractivity contribution in [1.82, 2.24) is 9.21 Å². The lowest BCUT2D eigenvalue weighted by molar-refractivity contribution is -0.120. The third kappa shape index (κ3) is 6.22. The Kier molecular flexibility index (Phi) is 7.88. The summed E-state index contributed by atoms with van der Waals surface area (Å²) in [5.41, 5.74) is 1.06. The minimum Gasteiger partial charge on any atom is -0.435 e. The molecule has 2 aromatic rings. The van der Waals surface area contributed by atoms with Crippen molar-refractivity contribution < 1.29 is 26.7 Å². The third-order valence-corrected chi connectivity index (χ3v) is 6.29. The Labute approximate surface area is 175 Å². The summed E-state index contributed by atoms with van der Waals surface area (Å²) in [5, 5.41) is 2.71. The highest BCUT2D eigenvalue weighted by molar-refractivity contribution is 7.89. The summed E-state index contributed by atoms with van der Waals surface area (Å²) in [6, 6.07) is 11.7. The number of alkyl halides is 2. The van der Waals surface area contributed by atoms with Crippen LogP contribution in [0.1, 0.15) is 12.5 Å². The first kappa shape index (κ1) is 23.7. The molecule has 7 nitrogen and oxygen atoms in total. The van der Waals surface area contributed by atoms with Gasteiger partial charge in [0.15, 0.2) is 0 Å². The maximum atomic E-state index is 12.6. The molecule has 2 rings (SSSR count). The maximum absolute atomic E-state index is 12.6. The summed E-state index contributed by atoms with van der Waals surface area (Å²) >= 11 is 0. The molecule has 0 bridgehead atoms. The summed E-state index contributed by atoms with van der Waals surface area (Å²) < 4.78 is 54.8. The second-order valence-electron chi connectivity index (χ2n) is 6.92. The topological polar surface area (TPSA) is 79.0 Å². The molecule has 1 amide bonds. The maximum Gasteiger partial charge on any atom is 0.387 e. The lowest BCUT2D eigenvalue weighted by Gasteiger charge is -2.24. The van der Waals surface area contributed by atoms with E-state index in [1.54, 1.807) is 43.1 Å². The van der Waals surface area contributed by atoms with Gasteiger partial charge >= 0.3 is 6.61 Å². The smallest absolute Gasteiger partial charge is 0.387 e. The summed E-state index contributed by atoms with van der Waals surface area (Å²) in [6.07, 6.45) is 0. The van der Waals surface area contributed by atoms with Crippen LogP contribution in [0.5, 0.6) is 5.75 Å². The Hall–Kier alpha value is -2.56. The average molecular weight is 442 g/mol. The largest absolute Gasteiger partial charge is 0.435 e. The molecule has 0 radical (unpaired) electrons. The molecule has 0 heterocycles. The zero-order valence-electron chi connectivity index (χ0n) is 17.2. The third-order valence-electron chi connectivity index (χ3n) is 4.48. The van der Waals surface area contributed by atoms with Crippen molar-refractivity contribution in [2.75, 3.05) is 26.5 Å². The summed E-state index contributed by atoms with van der Waals surface area (Å²) in [4.78, 5) is 14.4. The van der Waals surface area contributed by atoms with Crippen molar-refractivity contribution in [1.29, 1.82) is 0 Å². The minimum absolute atomic E-state index is 0.0481. The fourth-order valence-corrected chi connectivity index (χ4v) is 3.58. The predicted molar refractivity (Wildman–Crippen MR) is 110 cm³/mol. The standard InChI is InChI=1S/C20H25F2N3O4S/c1-14(25(4)13-15-7-5-9-17(11-15)29-20(21)22)19(26)23-16-8-6-10-18(12-16)30(27,28)24(2)3/h5-12,14,20H,13H2,1-4H3,(H,23,26). The van der Waals surface area contributed by atoms with Gasteiger partial charge < -0.3 is 10.1 Å². The number of hydrogen-bond donors (Lipinski definition) is 1. The van der Waals surface area contributed by atoms with Crippen molar-refractivity contribution >= 4 is 21.6 Å². The number of ether oxygens (including phenoxy) is 1. The normalized spacial score (nSPS) is 13.0. The fraction of sp³-hybridized carbons (Fsp3) is 0.350. The molecule has 0 aliphatic heterocycles. The molecule has 0 aliphatic carbocycles. The monoisotopic (exact) mass is 441 g/mol. The highest BCUT2D eigenvalue weighted by atomic mass is 32.2. The van der Waals surface area contributed by atoms with Gasteiger partial charge in [0, 0.05) is 26.3 Å². The van der Waals surface area contributed by atoms with Crippen LogP contribution in [0, 0.1) is 0 Å². The van der Waals surface area contributed by atoms with E-state index in [0.29, 0.717) is 17.8 Å². The highest BCUT2D eigenvalue weighted by Crippen LogP contribution is 2.20. The second kappa shape index (κ2) is 9.96. The number of hydrogen-bond acceptors (Lipinski definition) is 5. The van der Waals surface area contributed by atoms with Crippen LogP contribution in [0.2, 0.25) is 0 Å². The molecule has 0 fully saturated rings. The molecule has 164 valence electrons. The van der Waals surface area contributed by atoms with Crippen LogP contribution < -0.4 is 10.1 Å². The average Bonchev–Trinajstić information content (AvgIpc) is 2.67. The van der Waals surface area contributed by atoms with Crippen LogP contribution in [0.4, 0.5) is 14.5 Å². The van der Waals surface area contributed by atoms with Crippen LogP contribution >= 0.6 is 0 Å². The van der Waals surface area contributed by atoms with E-state index in [9.17, 15) is 22.0 Å². The van der Waals surface area contributed by atoms with Gasteiger partial charge in [-0.3, -0.25) is 9.69 Å². The first-order chi connectivity index (χ1) is 14.0. The van der Waals surface area contributed by atoms with E-state index in [1.165, 1.54) is 38.4 Å². The van der Waals surface area contributed by atoms with E-state index in [2.05, 4.69) is 10.1 Å². The van der Waals surface area contributed by atoms with Crippen molar-refractivity contribution in [3.05, 3.63) is 54.1 Å². The first-order valence-corrected chi connectivity index (χ1v) is 10.5. The first-order valence-electron chi connectivity index (χ1n) is 9.08. The van der Waals surface area contributed by atoms with Crippen LogP contribution in [-0.4, -0.2) is 57.3 Å². The lowest BCUT2D eigenvalue weighted by atomic mass is 10.1. The molecule has 0 saturated heterocycles. The number of carbonyl (C=O) groups excluding carboxylic acids is 1. The number of amides is 1. The molecule has 2 aromatic carbocycles. The lowest BCUT2D eigenvalue weighted by Crippen LogP contribution is -2.39. The zero-order valence-corrected chi connectivity index (χ0v) is 18.0. The van der Waals surface area contributed by atoms with E-state index >= 15 is 0 Å². The molecule has 0 saturated carbocycles. The molecule has 0 spiro atoms. The van der Waals surface area contributed by atoms with Gasteiger partial charge in [-0.1, -0.05) is 18.2 Å². The number of likely N-dealkylation sites (N-methyl/N-ethyl adjacent to an activating group) is 1. The number of rotatable bonds is 9. The zero-order chi connectivity index (χ0) is 22.5. The van der Waals surface area contributed by atoms with E-state index in [4.69, 9.17) is 0 Å². The Morgan fingerprint density at radius 1 is 1.10 bits per heavy atom. The van der Waals surface area contributed by atoms with Crippen molar-refractivity contribution in [3.63, 3.8) is 0 Å². The van der Waals surface area contributed by atoms with Crippen LogP contribution in [0.25, 0.3) is 0 Å². The molecule has 0 aliphatic rings. The number of anilines is 1. The van der Waals surface area contributed by atoms with Crippen LogP contribution in [0.15, 0.2) is 53.4 Å². The fourth-order valence-electron chi connectivity index (χ4n) is 2.64. The van der Waals surface area contributed by atoms with E-state index < -0.39 is 22.7 Å². The predicted octanol–water partition coefficient (Wildman–Crippen LogP) is 3.00. The molecule has 10 heteroatoms. The number of benzene rings is 2. The van der Waals surface area contributed by atoms with Crippen LogP contribution in [0.3, 0.4) is 0 Å². The van der Waals surface area contributed by atoms with Crippen molar-refractivity contribution in [3.8, 4) is 5.75 Å². The summed E-state index contributed by atoms with van der Waals surface area (Å²) in [6.45, 7) is -0.894. The van der Waals surface area contributed by atoms with Gasteiger partial charge in [0.2, 0.25) is 15.9 Å². The highest BCUT2D eigenvalue weighted by Gasteiger charge is 2.21. The van der Waals surface area contributed by atoms with Gasteiger partial charge in [-0.15, -0.1) is 0 Å². The van der Waals surface area contributed by atoms with Gasteiger partial charge in [0.25, 0.3) is 0 Å². The number of sulfonamides is 1. The van der Waals surface area contributed by atoms with Gasteiger partial charge in [-0.05, 0) is 49.9 Å². The van der Waals surface area contributed by atoms with Gasteiger partial charge in [-0.2, -0.15) is 8.78 Å². The molecule has 0 aromatic heterocycles. The number of nitrogens with zero attached hydrogens (tertiary/aromatic N) is 2. The Morgan fingerprint density at radius 2 is 1.77 bits per heavy atom. The number of nitrogens with one attached hydrogen (secondary N) is 1. The van der Waals surface area contributed by atoms with E-state index in [-0.39, 0.29) is 16.6 Å².